The van der Waals surface area contributed by atoms with Crippen LogP contribution in [0.3, 0.4) is 0 Å². The molecule has 1 heterocycles. The monoisotopic (exact) mass is 443 g/mol. The molecule has 146 valence electrons. The summed E-state index contributed by atoms with van der Waals surface area (Å²) in [7, 11) is 1.62. The van der Waals surface area contributed by atoms with Crippen LogP contribution in [0.5, 0.6) is 5.75 Å². The Kier molecular flexibility index (Phi) is 6.71. The summed E-state index contributed by atoms with van der Waals surface area (Å²) in [5, 5.41) is 6.73. The van der Waals surface area contributed by atoms with Crippen LogP contribution in [0.2, 0.25) is 0 Å². The first-order chi connectivity index (χ1) is 13.6. The summed E-state index contributed by atoms with van der Waals surface area (Å²) in [6.45, 7) is 0.999. The van der Waals surface area contributed by atoms with Crippen molar-refractivity contribution in [1.82, 2.24) is 15.6 Å². The standard InChI is InChI=1S/C21H22BrN3O3/c1-28-17-6-7-19-18(12-17)15(13-25-19)11-20(26)23-8-3-9-24-21(27)14-4-2-5-16(22)10-14/h2,4-7,10,12-13,25H,3,8-9,11H2,1H3,(H,23,26)(H,24,27). The lowest BCUT2D eigenvalue weighted by molar-refractivity contribution is -0.120. The molecule has 1 aromatic heterocycles. The van der Waals surface area contributed by atoms with Gasteiger partial charge in [0.2, 0.25) is 5.91 Å². The molecular weight excluding hydrogens is 422 g/mol. The minimum Gasteiger partial charge on any atom is -0.497 e. The number of amides is 2. The molecule has 0 unspecified atom stereocenters. The fraction of sp³-hybridized carbons (Fsp3) is 0.238. The molecule has 0 saturated heterocycles. The van der Waals surface area contributed by atoms with Crippen LogP contribution in [-0.2, 0) is 11.2 Å². The maximum atomic E-state index is 12.2. The van der Waals surface area contributed by atoms with E-state index in [4.69, 9.17) is 4.74 Å². The Morgan fingerprint density at radius 1 is 1.11 bits per heavy atom. The van der Waals surface area contributed by atoms with Crippen LogP contribution in [0.4, 0.5) is 0 Å². The van der Waals surface area contributed by atoms with E-state index in [1.807, 2.05) is 36.5 Å². The number of halogens is 1. The Labute approximate surface area is 171 Å². The van der Waals surface area contributed by atoms with E-state index in [9.17, 15) is 9.59 Å². The maximum absolute atomic E-state index is 12.2. The number of H-pyrrole nitrogens is 1. The second-order valence-electron chi connectivity index (χ2n) is 6.37. The number of carbonyl (C=O) groups is 2. The van der Waals surface area contributed by atoms with Crippen LogP contribution < -0.4 is 15.4 Å². The number of nitrogens with one attached hydrogen (secondary N) is 3. The van der Waals surface area contributed by atoms with Crippen LogP contribution in [0.1, 0.15) is 22.3 Å². The quantitative estimate of drug-likeness (QED) is 0.466. The molecule has 0 aliphatic heterocycles. The highest BCUT2D eigenvalue weighted by Crippen LogP contribution is 2.23. The molecular formula is C21H22BrN3O3. The number of methoxy groups -OCH3 is 1. The largest absolute Gasteiger partial charge is 0.497 e. The number of rotatable bonds is 8. The van der Waals surface area contributed by atoms with Crippen molar-refractivity contribution < 1.29 is 14.3 Å². The van der Waals surface area contributed by atoms with Crippen LogP contribution in [0.15, 0.2) is 53.1 Å². The number of ether oxygens (including phenoxy) is 1. The lowest BCUT2D eigenvalue weighted by atomic mass is 10.1. The average Bonchev–Trinajstić information content (AvgIpc) is 3.09. The molecule has 6 nitrogen and oxygen atoms in total. The maximum Gasteiger partial charge on any atom is 0.251 e. The molecule has 7 heteroatoms. The first-order valence-electron chi connectivity index (χ1n) is 9.01. The first kappa shape index (κ1) is 19.9. The van der Waals surface area contributed by atoms with Crippen molar-refractivity contribution in [2.45, 2.75) is 12.8 Å². The third kappa shape index (κ3) is 5.13. The Morgan fingerprint density at radius 3 is 2.71 bits per heavy atom. The summed E-state index contributed by atoms with van der Waals surface area (Å²) >= 11 is 3.35. The van der Waals surface area contributed by atoms with Gasteiger partial charge in [0.1, 0.15) is 5.75 Å². The Morgan fingerprint density at radius 2 is 1.93 bits per heavy atom. The van der Waals surface area contributed by atoms with Gasteiger partial charge in [-0.3, -0.25) is 9.59 Å². The second-order valence-corrected chi connectivity index (χ2v) is 7.29. The van der Waals surface area contributed by atoms with E-state index < -0.39 is 0 Å². The lowest BCUT2D eigenvalue weighted by Crippen LogP contribution is -2.30. The van der Waals surface area contributed by atoms with Crippen LogP contribution in [-0.4, -0.2) is 37.0 Å². The highest BCUT2D eigenvalue weighted by molar-refractivity contribution is 9.10. The smallest absolute Gasteiger partial charge is 0.251 e. The molecule has 3 N–H and O–H groups in total. The number of hydrogen-bond acceptors (Lipinski definition) is 3. The number of carbonyl (C=O) groups excluding carboxylic acids is 2. The van der Waals surface area contributed by atoms with Crippen LogP contribution in [0, 0.1) is 0 Å². The molecule has 28 heavy (non-hydrogen) atoms. The summed E-state index contributed by atoms with van der Waals surface area (Å²) in [6.07, 6.45) is 2.80. The van der Waals surface area contributed by atoms with Crippen molar-refractivity contribution in [2.24, 2.45) is 0 Å². The molecule has 2 aromatic carbocycles. The minimum atomic E-state index is -0.125. The molecule has 0 aliphatic carbocycles. The molecule has 0 fully saturated rings. The third-order valence-electron chi connectivity index (χ3n) is 4.37. The predicted octanol–water partition coefficient (Wildman–Crippen LogP) is 3.42. The van der Waals surface area contributed by atoms with Gasteiger partial charge in [0, 0.05) is 40.2 Å². The number of benzene rings is 2. The molecule has 0 aliphatic rings. The summed E-state index contributed by atoms with van der Waals surface area (Å²) in [5.74, 6) is 0.581. The highest BCUT2D eigenvalue weighted by Gasteiger charge is 2.10. The molecule has 0 spiro atoms. The number of fused-ring (bicyclic) bond motifs is 1. The van der Waals surface area contributed by atoms with E-state index >= 15 is 0 Å². The van der Waals surface area contributed by atoms with Crippen molar-refractivity contribution in [3.8, 4) is 5.75 Å². The average molecular weight is 444 g/mol. The van der Waals surface area contributed by atoms with Crippen molar-refractivity contribution in [3.63, 3.8) is 0 Å². The second kappa shape index (κ2) is 9.41. The zero-order valence-electron chi connectivity index (χ0n) is 15.5. The Balaban J connectivity index is 1.42. The zero-order valence-corrected chi connectivity index (χ0v) is 17.1. The van der Waals surface area contributed by atoms with Gasteiger partial charge in [-0.1, -0.05) is 22.0 Å². The fourth-order valence-electron chi connectivity index (χ4n) is 2.92. The van der Waals surface area contributed by atoms with Gasteiger partial charge in [0.25, 0.3) is 5.91 Å². The Hall–Kier alpha value is -2.80. The number of aromatic amines is 1. The minimum absolute atomic E-state index is 0.0537. The van der Waals surface area contributed by atoms with Crippen LogP contribution in [0.25, 0.3) is 10.9 Å². The molecule has 0 atom stereocenters. The van der Waals surface area contributed by atoms with Gasteiger partial charge in [-0.25, -0.2) is 0 Å². The van der Waals surface area contributed by atoms with Gasteiger partial charge in [-0.15, -0.1) is 0 Å². The van der Waals surface area contributed by atoms with Gasteiger partial charge in [0.05, 0.1) is 13.5 Å². The van der Waals surface area contributed by atoms with Gasteiger partial charge >= 0.3 is 0 Å². The zero-order chi connectivity index (χ0) is 19.9. The molecule has 2 amide bonds. The summed E-state index contributed by atoms with van der Waals surface area (Å²) < 4.78 is 6.11. The molecule has 0 radical (unpaired) electrons. The number of aromatic nitrogens is 1. The normalized spacial score (nSPS) is 10.6. The predicted molar refractivity (Wildman–Crippen MR) is 113 cm³/mol. The summed E-state index contributed by atoms with van der Waals surface area (Å²) in [6, 6.07) is 13.0. The van der Waals surface area contributed by atoms with E-state index in [2.05, 4.69) is 31.5 Å². The van der Waals surface area contributed by atoms with E-state index in [1.165, 1.54) is 0 Å². The molecule has 0 saturated carbocycles. The lowest BCUT2D eigenvalue weighted by Gasteiger charge is -2.07. The Bertz CT molecular complexity index is 984. The van der Waals surface area contributed by atoms with Gasteiger partial charge < -0.3 is 20.4 Å². The van der Waals surface area contributed by atoms with Crippen LogP contribution >= 0.6 is 15.9 Å². The SMILES string of the molecule is COc1ccc2[nH]cc(CC(=O)NCCCNC(=O)c3cccc(Br)c3)c2c1. The molecule has 3 rings (SSSR count). The highest BCUT2D eigenvalue weighted by atomic mass is 79.9. The van der Waals surface area contributed by atoms with E-state index in [0.717, 1.165) is 26.7 Å². The van der Waals surface area contributed by atoms with E-state index in [1.54, 1.807) is 19.2 Å². The van der Waals surface area contributed by atoms with Gasteiger partial charge in [-0.2, -0.15) is 0 Å². The van der Waals surface area contributed by atoms with Gasteiger partial charge in [0.15, 0.2) is 0 Å². The first-order valence-corrected chi connectivity index (χ1v) is 9.80. The summed E-state index contributed by atoms with van der Waals surface area (Å²) in [5.41, 5.74) is 2.50. The fourth-order valence-corrected chi connectivity index (χ4v) is 3.32. The van der Waals surface area contributed by atoms with E-state index in [0.29, 0.717) is 25.1 Å². The van der Waals surface area contributed by atoms with Crippen molar-refractivity contribution >= 4 is 38.6 Å². The van der Waals surface area contributed by atoms with Crippen molar-refractivity contribution in [2.75, 3.05) is 20.2 Å². The third-order valence-corrected chi connectivity index (χ3v) is 4.87. The van der Waals surface area contributed by atoms with E-state index in [-0.39, 0.29) is 18.2 Å². The summed E-state index contributed by atoms with van der Waals surface area (Å²) in [4.78, 5) is 27.4. The topological polar surface area (TPSA) is 83.2 Å². The van der Waals surface area contributed by atoms with Crippen molar-refractivity contribution in [1.29, 1.82) is 0 Å². The molecule has 3 aromatic rings. The molecule has 0 bridgehead atoms. The van der Waals surface area contributed by atoms with Gasteiger partial charge in [-0.05, 0) is 48.4 Å². The van der Waals surface area contributed by atoms with Crippen molar-refractivity contribution in [3.05, 3.63) is 64.3 Å². The number of hydrogen-bond donors (Lipinski definition) is 3.